The Morgan fingerprint density at radius 2 is 2.26 bits per heavy atom. The SMILES string of the molecule is C[C@H](C1=CC(=O)CCC1)[C@@H](C[N+](=O)[O-])c1cccs1. The lowest BCUT2D eigenvalue weighted by Gasteiger charge is -2.24. The summed E-state index contributed by atoms with van der Waals surface area (Å²) >= 11 is 1.55. The van der Waals surface area contributed by atoms with Crippen molar-refractivity contribution in [3.05, 3.63) is 44.2 Å². The van der Waals surface area contributed by atoms with Crippen LogP contribution in [0.5, 0.6) is 0 Å². The predicted molar refractivity (Wildman–Crippen MR) is 75.0 cm³/mol. The summed E-state index contributed by atoms with van der Waals surface area (Å²) < 4.78 is 0. The minimum Gasteiger partial charge on any atom is -0.295 e. The second-order valence-corrected chi connectivity index (χ2v) is 5.94. The third-order valence-electron chi connectivity index (χ3n) is 3.68. The Bertz CT molecular complexity index is 493. The zero-order valence-corrected chi connectivity index (χ0v) is 11.7. The fourth-order valence-electron chi connectivity index (χ4n) is 2.59. The highest BCUT2D eigenvalue weighted by Crippen LogP contribution is 2.36. The molecule has 1 aliphatic carbocycles. The maximum Gasteiger partial charge on any atom is 0.212 e. The number of ketones is 1. The summed E-state index contributed by atoms with van der Waals surface area (Å²) in [6, 6.07) is 3.86. The minimum absolute atomic E-state index is 0.0494. The van der Waals surface area contributed by atoms with Gasteiger partial charge in [-0.05, 0) is 36.3 Å². The van der Waals surface area contributed by atoms with E-state index in [1.165, 1.54) is 0 Å². The van der Waals surface area contributed by atoms with E-state index in [0.717, 1.165) is 23.3 Å². The molecular formula is C14H17NO3S. The third kappa shape index (κ3) is 3.50. The number of hydrogen-bond donors (Lipinski definition) is 0. The molecule has 0 saturated carbocycles. The van der Waals surface area contributed by atoms with E-state index in [1.807, 2.05) is 24.4 Å². The van der Waals surface area contributed by atoms with Crippen molar-refractivity contribution >= 4 is 17.1 Å². The average molecular weight is 279 g/mol. The second-order valence-electron chi connectivity index (χ2n) is 4.97. The van der Waals surface area contributed by atoms with Crippen LogP contribution in [0.25, 0.3) is 0 Å². The number of carbonyl (C=O) groups excluding carboxylic acids is 1. The Labute approximate surface area is 116 Å². The van der Waals surface area contributed by atoms with Gasteiger partial charge in [0, 0.05) is 16.2 Å². The van der Waals surface area contributed by atoms with Gasteiger partial charge in [0.15, 0.2) is 5.78 Å². The Balaban J connectivity index is 2.22. The molecule has 4 nitrogen and oxygen atoms in total. The van der Waals surface area contributed by atoms with Gasteiger partial charge in [-0.15, -0.1) is 11.3 Å². The van der Waals surface area contributed by atoms with Crippen LogP contribution in [-0.4, -0.2) is 17.3 Å². The average Bonchev–Trinajstić information content (AvgIpc) is 2.88. The Morgan fingerprint density at radius 1 is 1.47 bits per heavy atom. The van der Waals surface area contributed by atoms with Gasteiger partial charge in [-0.2, -0.15) is 0 Å². The first-order chi connectivity index (χ1) is 9.08. The van der Waals surface area contributed by atoms with Crippen molar-refractivity contribution in [1.29, 1.82) is 0 Å². The van der Waals surface area contributed by atoms with Crippen LogP contribution < -0.4 is 0 Å². The maximum absolute atomic E-state index is 11.5. The first-order valence-corrected chi connectivity index (χ1v) is 7.34. The van der Waals surface area contributed by atoms with Gasteiger partial charge in [0.25, 0.3) is 0 Å². The predicted octanol–water partition coefficient (Wildman–Crippen LogP) is 3.42. The van der Waals surface area contributed by atoms with Gasteiger partial charge in [0.1, 0.15) is 0 Å². The molecular weight excluding hydrogens is 262 g/mol. The molecule has 0 bridgehead atoms. The normalized spacial score (nSPS) is 18.8. The van der Waals surface area contributed by atoms with E-state index in [-0.39, 0.29) is 29.1 Å². The van der Waals surface area contributed by atoms with Crippen LogP contribution in [0.15, 0.2) is 29.2 Å². The van der Waals surface area contributed by atoms with E-state index in [0.29, 0.717) is 6.42 Å². The van der Waals surface area contributed by atoms with Crippen LogP contribution in [0.1, 0.15) is 37.0 Å². The first kappa shape index (κ1) is 13.9. The molecule has 0 fully saturated rings. The van der Waals surface area contributed by atoms with Gasteiger partial charge in [-0.3, -0.25) is 14.9 Å². The molecule has 2 atom stereocenters. The summed E-state index contributed by atoms with van der Waals surface area (Å²) in [7, 11) is 0. The molecule has 102 valence electrons. The number of thiophene rings is 1. The summed E-state index contributed by atoms with van der Waals surface area (Å²) in [5, 5.41) is 12.8. The number of hydrogen-bond acceptors (Lipinski definition) is 4. The lowest BCUT2D eigenvalue weighted by Crippen LogP contribution is -2.22. The van der Waals surface area contributed by atoms with Gasteiger partial charge in [-0.1, -0.05) is 18.6 Å². The monoisotopic (exact) mass is 279 g/mol. The molecule has 0 spiro atoms. The molecule has 0 radical (unpaired) electrons. The van der Waals surface area contributed by atoms with Crippen LogP contribution in [0.3, 0.4) is 0 Å². The molecule has 19 heavy (non-hydrogen) atoms. The Kier molecular flexibility index (Phi) is 4.47. The lowest BCUT2D eigenvalue weighted by molar-refractivity contribution is -0.484. The van der Waals surface area contributed by atoms with E-state index in [4.69, 9.17) is 0 Å². The number of rotatable bonds is 5. The molecule has 0 aromatic carbocycles. The Morgan fingerprint density at radius 3 is 2.84 bits per heavy atom. The molecule has 0 unspecified atom stereocenters. The number of nitrogens with zero attached hydrogens (tertiary/aromatic N) is 1. The number of allylic oxidation sites excluding steroid dienone is 2. The van der Waals surface area contributed by atoms with E-state index in [2.05, 4.69) is 0 Å². The summed E-state index contributed by atoms with van der Waals surface area (Å²) in [6.45, 7) is 1.92. The fraction of sp³-hybridized carbons (Fsp3) is 0.500. The quantitative estimate of drug-likeness (QED) is 0.613. The van der Waals surface area contributed by atoms with Crippen molar-refractivity contribution in [2.45, 2.75) is 32.1 Å². The van der Waals surface area contributed by atoms with Gasteiger partial charge in [0.2, 0.25) is 6.54 Å². The summed E-state index contributed by atoms with van der Waals surface area (Å²) in [5.74, 6) is 0.0691. The van der Waals surface area contributed by atoms with Gasteiger partial charge in [0.05, 0.1) is 5.92 Å². The highest BCUT2D eigenvalue weighted by Gasteiger charge is 2.29. The molecule has 1 aliphatic rings. The molecule has 2 rings (SSSR count). The summed E-state index contributed by atoms with van der Waals surface area (Å²) in [5.41, 5.74) is 1.07. The standard InChI is InChI=1S/C14H17NO3S/c1-10(11-4-2-5-12(16)8-11)13(9-15(17)18)14-6-3-7-19-14/h3,6-8,10,13H,2,4-5,9H2,1H3/t10-,13-/m1/s1. The summed E-state index contributed by atoms with van der Waals surface area (Å²) in [6.07, 6.45) is 4.06. The lowest BCUT2D eigenvalue weighted by atomic mass is 9.81. The van der Waals surface area contributed by atoms with Gasteiger partial charge >= 0.3 is 0 Å². The van der Waals surface area contributed by atoms with Gasteiger partial charge < -0.3 is 0 Å². The van der Waals surface area contributed by atoms with Crippen molar-refractivity contribution < 1.29 is 9.72 Å². The Hall–Kier alpha value is -1.49. The van der Waals surface area contributed by atoms with Crippen LogP contribution >= 0.6 is 11.3 Å². The number of nitro groups is 1. The zero-order valence-electron chi connectivity index (χ0n) is 10.9. The molecule has 1 aromatic heterocycles. The smallest absolute Gasteiger partial charge is 0.212 e. The highest BCUT2D eigenvalue weighted by molar-refractivity contribution is 7.10. The molecule has 1 aromatic rings. The molecule has 0 saturated heterocycles. The van der Waals surface area contributed by atoms with E-state index < -0.39 is 0 Å². The van der Waals surface area contributed by atoms with Crippen molar-refractivity contribution in [2.24, 2.45) is 5.92 Å². The highest BCUT2D eigenvalue weighted by atomic mass is 32.1. The largest absolute Gasteiger partial charge is 0.295 e. The van der Waals surface area contributed by atoms with Crippen molar-refractivity contribution in [3.63, 3.8) is 0 Å². The van der Waals surface area contributed by atoms with Crippen LogP contribution in [0.2, 0.25) is 0 Å². The van der Waals surface area contributed by atoms with E-state index in [9.17, 15) is 14.9 Å². The third-order valence-corrected chi connectivity index (χ3v) is 4.68. The van der Waals surface area contributed by atoms with Gasteiger partial charge in [-0.25, -0.2) is 0 Å². The van der Waals surface area contributed by atoms with Crippen LogP contribution in [0.4, 0.5) is 0 Å². The molecule has 0 amide bonds. The first-order valence-electron chi connectivity index (χ1n) is 6.46. The molecule has 0 N–H and O–H groups in total. The second kappa shape index (κ2) is 6.10. The molecule has 1 heterocycles. The minimum atomic E-state index is -0.258. The topological polar surface area (TPSA) is 60.2 Å². The van der Waals surface area contributed by atoms with Crippen molar-refractivity contribution in [3.8, 4) is 0 Å². The van der Waals surface area contributed by atoms with Crippen molar-refractivity contribution in [1.82, 2.24) is 0 Å². The molecule has 5 heteroatoms. The fourth-order valence-corrected chi connectivity index (χ4v) is 3.52. The van der Waals surface area contributed by atoms with E-state index in [1.54, 1.807) is 17.4 Å². The van der Waals surface area contributed by atoms with Crippen molar-refractivity contribution in [2.75, 3.05) is 6.54 Å². The molecule has 0 aliphatic heterocycles. The number of carbonyl (C=O) groups is 1. The zero-order chi connectivity index (χ0) is 13.8. The summed E-state index contributed by atoms with van der Waals surface area (Å²) in [4.78, 5) is 23.2. The maximum atomic E-state index is 11.5. The van der Waals surface area contributed by atoms with Crippen LogP contribution in [-0.2, 0) is 4.79 Å². The van der Waals surface area contributed by atoms with Crippen LogP contribution in [0, 0.1) is 16.0 Å². The van der Waals surface area contributed by atoms with E-state index >= 15 is 0 Å².